The van der Waals surface area contributed by atoms with Crippen LogP contribution in [0.4, 0.5) is 10.6 Å². The Bertz CT molecular complexity index is 939. The number of Topliss-reactive ketones (excluding diaryl/α,β-unsaturated/α-hetero) is 1. The van der Waals surface area contributed by atoms with Gasteiger partial charge in [0.15, 0.2) is 11.6 Å². The summed E-state index contributed by atoms with van der Waals surface area (Å²) in [6.07, 6.45) is 2.26. The molecule has 0 saturated heterocycles. The summed E-state index contributed by atoms with van der Waals surface area (Å²) in [6.45, 7) is 1.83. The summed E-state index contributed by atoms with van der Waals surface area (Å²) < 4.78 is 5.11. The van der Waals surface area contributed by atoms with Crippen LogP contribution in [0.25, 0.3) is 0 Å². The van der Waals surface area contributed by atoms with Crippen molar-refractivity contribution in [3.05, 3.63) is 57.1 Å². The number of amides is 1. The molecule has 0 aliphatic carbocycles. The number of hydrogen-bond donors (Lipinski definition) is 1. The third-order valence-corrected chi connectivity index (χ3v) is 4.71. The van der Waals surface area contributed by atoms with Gasteiger partial charge in [-0.3, -0.25) is 10.1 Å². The highest BCUT2D eigenvalue weighted by Gasteiger charge is 2.11. The molecular formula is C16H14ClN5O3S. The number of halogens is 1. The van der Waals surface area contributed by atoms with E-state index in [1.165, 1.54) is 35.5 Å². The number of carbonyl (C=O) groups excluding carboxylic acids is 2. The Balaban J connectivity index is 1.53. The van der Waals surface area contributed by atoms with Gasteiger partial charge in [0.2, 0.25) is 0 Å². The van der Waals surface area contributed by atoms with Gasteiger partial charge in [-0.25, -0.2) is 9.78 Å². The highest BCUT2D eigenvalue weighted by Crippen LogP contribution is 2.16. The maximum Gasteiger partial charge on any atom is 0.413 e. The second-order valence-electron chi connectivity index (χ2n) is 5.23. The Morgan fingerprint density at radius 2 is 2.12 bits per heavy atom. The number of rotatable bonds is 6. The van der Waals surface area contributed by atoms with Gasteiger partial charge < -0.3 is 4.74 Å². The lowest BCUT2D eigenvalue weighted by Crippen LogP contribution is -2.14. The fourth-order valence-corrected chi connectivity index (χ4v) is 2.98. The molecule has 0 aliphatic rings. The van der Waals surface area contributed by atoms with E-state index < -0.39 is 6.09 Å². The molecule has 0 bridgehead atoms. The minimum Gasteiger partial charge on any atom is -0.444 e. The number of ether oxygens (including phenoxy) is 1. The summed E-state index contributed by atoms with van der Waals surface area (Å²) in [5.74, 6) is 0.211. The number of hydrogen-bond acceptors (Lipinski definition) is 7. The van der Waals surface area contributed by atoms with Crippen molar-refractivity contribution in [2.75, 3.05) is 5.32 Å². The molecule has 0 aliphatic heterocycles. The monoisotopic (exact) mass is 391 g/mol. The molecule has 0 saturated carbocycles. The minimum atomic E-state index is -0.662. The van der Waals surface area contributed by atoms with Crippen molar-refractivity contribution in [3.8, 4) is 0 Å². The average molecular weight is 392 g/mol. The van der Waals surface area contributed by atoms with Gasteiger partial charge in [-0.05, 0) is 6.07 Å². The lowest BCUT2D eigenvalue weighted by atomic mass is 10.2. The first-order valence-corrected chi connectivity index (χ1v) is 8.73. The van der Waals surface area contributed by atoms with E-state index in [4.69, 9.17) is 16.3 Å². The Labute approximate surface area is 157 Å². The van der Waals surface area contributed by atoms with Crippen LogP contribution in [-0.2, 0) is 17.9 Å². The van der Waals surface area contributed by atoms with Gasteiger partial charge in [-0.2, -0.15) is 9.90 Å². The molecule has 134 valence electrons. The van der Waals surface area contributed by atoms with Gasteiger partial charge in [0.25, 0.3) is 0 Å². The van der Waals surface area contributed by atoms with E-state index in [9.17, 15) is 9.59 Å². The molecule has 2 aromatic heterocycles. The average Bonchev–Trinajstić information content (AvgIpc) is 3.24. The molecular weight excluding hydrogens is 378 g/mol. The summed E-state index contributed by atoms with van der Waals surface area (Å²) in [5.41, 5.74) is 0.706. The molecule has 0 fully saturated rings. The smallest absolute Gasteiger partial charge is 0.413 e. The highest BCUT2D eigenvalue weighted by molar-refractivity contribution is 7.13. The number of anilines is 1. The molecule has 3 aromatic rings. The van der Waals surface area contributed by atoms with E-state index in [0.29, 0.717) is 27.0 Å². The van der Waals surface area contributed by atoms with Crippen LogP contribution in [0.3, 0.4) is 0 Å². The van der Waals surface area contributed by atoms with Crippen LogP contribution < -0.4 is 5.32 Å². The Morgan fingerprint density at radius 1 is 1.31 bits per heavy atom. The molecule has 0 unspecified atom stereocenters. The topological polar surface area (TPSA) is 99.0 Å². The summed E-state index contributed by atoms with van der Waals surface area (Å²) in [5, 5.41) is 11.9. The summed E-state index contributed by atoms with van der Waals surface area (Å²) >= 11 is 7.29. The second kappa shape index (κ2) is 8.07. The summed E-state index contributed by atoms with van der Waals surface area (Å²) in [6, 6.07) is 7.10. The maximum atomic E-state index is 11.8. The molecule has 0 atom stereocenters. The van der Waals surface area contributed by atoms with Crippen LogP contribution in [0.2, 0.25) is 5.02 Å². The molecule has 2 heterocycles. The van der Waals surface area contributed by atoms with Crippen molar-refractivity contribution < 1.29 is 14.3 Å². The second-order valence-corrected chi connectivity index (χ2v) is 6.75. The van der Waals surface area contributed by atoms with Crippen LogP contribution in [0.15, 0.2) is 36.7 Å². The van der Waals surface area contributed by atoms with Crippen LogP contribution in [-0.4, -0.2) is 31.9 Å². The predicted octanol–water partition coefficient (Wildman–Crippen LogP) is 3.39. The van der Waals surface area contributed by atoms with Crippen molar-refractivity contribution >= 4 is 40.6 Å². The van der Waals surface area contributed by atoms with Gasteiger partial charge in [-0.1, -0.05) is 29.8 Å². The van der Waals surface area contributed by atoms with E-state index in [-0.39, 0.29) is 18.2 Å². The van der Waals surface area contributed by atoms with Crippen molar-refractivity contribution in [2.45, 2.75) is 20.1 Å². The lowest BCUT2D eigenvalue weighted by molar-refractivity contribution is 0.102. The largest absolute Gasteiger partial charge is 0.444 e. The summed E-state index contributed by atoms with van der Waals surface area (Å²) in [7, 11) is 0. The van der Waals surface area contributed by atoms with Gasteiger partial charge in [0.05, 0.1) is 11.1 Å². The lowest BCUT2D eigenvalue weighted by Gasteiger charge is -2.06. The zero-order valence-electron chi connectivity index (χ0n) is 13.7. The molecule has 26 heavy (non-hydrogen) atoms. The first kappa shape index (κ1) is 18.0. The minimum absolute atomic E-state index is 0.0363. The number of aromatic nitrogens is 4. The number of ketones is 1. The standard InChI is InChI=1S/C16H14ClN5O3S/c1-10(23)13-6-18-15(26-13)8-22-19-7-14(21-22)20-16(24)25-9-11-4-2-3-5-12(11)17/h2-7H,8-9H2,1H3,(H,20,21,24). The van der Waals surface area contributed by atoms with Gasteiger partial charge in [0.1, 0.15) is 18.2 Å². The first-order chi connectivity index (χ1) is 12.5. The molecule has 10 heteroatoms. The van der Waals surface area contributed by atoms with E-state index in [2.05, 4.69) is 20.5 Å². The molecule has 1 aromatic carbocycles. The van der Waals surface area contributed by atoms with Gasteiger partial charge in [-0.15, -0.1) is 16.4 Å². The third-order valence-electron chi connectivity index (χ3n) is 3.26. The van der Waals surface area contributed by atoms with Crippen molar-refractivity contribution in [2.24, 2.45) is 0 Å². The van der Waals surface area contributed by atoms with Crippen LogP contribution in [0.5, 0.6) is 0 Å². The van der Waals surface area contributed by atoms with Crippen molar-refractivity contribution in [1.29, 1.82) is 0 Å². The highest BCUT2D eigenvalue weighted by atomic mass is 35.5. The SMILES string of the molecule is CC(=O)c1cnc(Cn2ncc(NC(=O)OCc3ccccc3Cl)n2)s1. The molecule has 0 radical (unpaired) electrons. The Morgan fingerprint density at radius 3 is 2.85 bits per heavy atom. The van der Waals surface area contributed by atoms with E-state index in [0.717, 1.165) is 0 Å². The molecule has 8 nitrogen and oxygen atoms in total. The van der Waals surface area contributed by atoms with Gasteiger partial charge >= 0.3 is 6.09 Å². The predicted molar refractivity (Wildman–Crippen MR) is 96.5 cm³/mol. The number of benzene rings is 1. The Hall–Kier alpha value is -2.78. The van der Waals surface area contributed by atoms with Crippen molar-refractivity contribution in [3.63, 3.8) is 0 Å². The zero-order valence-corrected chi connectivity index (χ0v) is 15.3. The van der Waals surface area contributed by atoms with Crippen LogP contribution in [0, 0.1) is 0 Å². The quantitative estimate of drug-likeness (QED) is 0.646. The third kappa shape index (κ3) is 4.64. The number of carbonyl (C=O) groups is 2. The fraction of sp³-hybridized carbons (Fsp3) is 0.188. The van der Waals surface area contributed by atoms with Gasteiger partial charge in [0, 0.05) is 23.7 Å². The van der Waals surface area contributed by atoms with E-state index in [1.807, 2.05) is 6.07 Å². The maximum absolute atomic E-state index is 11.8. The summed E-state index contributed by atoms with van der Waals surface area (Å²) in [4.78, 5) is 29.2. The van der Waals surface area contributed by atoms with Crippen LogP contribution in [0.1, 0.15) is 27.2 Å². The Kier molecular flexibility index (Phi) is 5.59. The molecule has 3 rings (SSSR count). The molecule has 0 spiro atoms. The van der Waals surface area contributed by atoms with Crippen LogP contribution >= 0.6 is 22.9 Å². The number of nitrogens with one attached hydrogen (secondary N) is 1. The fourth-order valence-electron chi connectivity index (χ4n) is 2.00. The normalized spacial score (nSPS) is 10.5. The molecule has 1 N–H and O–H groups in total. The molecule has 1 amide bonds. The number of thiazole rings is 1. The van der Waals surface area contributed by atoms with Crippen molar-refractivity contribution in [1.82, 2.24) is 20.0 Å². The van der Waals surface area contributed by atoms with E-state index in [1.54, 1.807) is 18.2 Å². The zero-order chi connectivity index (χ0) is 18.5. The number of nitrogens with zero attached hydrogens (tertiary/aromatic N) is 4. The van der Waals surface area contributed by atoms with E-state index >= 15 is 0 Å². The first-order valence-electron chi connectivity index (χ1n) is 7.54.